The number of likely N-dealkylation sites (tertiary alicyclic amines) is 1. The molecule has 1 aliphatic heterocycles. The Hall–Kier alpha value is -1.46. The van der Waals surface area contributed by atoms with Crippen molar-refractivity contribution in [3.05, 3.63) is 29.6 Å². The molecule has 0 aliphatic carbocycles. The lowest BCUT2D eigenvalue weighted by Gasteiger charge is -2.31. The summed E-state index contributed by atoms with van der Waals surface area (Å²) in [5, 5.41) is 3.02. The standard InChI is InChI=1S/C16H25N3O2/c1-13-3-4-15(12-17-13)16(20)18-11-14-5-7-19(8-6-14)9-10-21-2/h3-4,12,14H,5-11H2,1-2H3,(H,18,20). The fourth-order valence-corrected chi connectivity index (χ4v) is 2.58. The lowest BCUT2D eigenvalue weighted by atomic mass is 9.96. The summed E-state index contributed by atoms with van der Waals surface area (Å²) >= 11 is 0. The van der Waals surface area contributed by atoms with Crippen LogP contribution >= 0.6 is 0 Å². The van der Waals surface area contributed by atoms with Crippen LogP contribution in [-0.4, -0.2) is 55.7 Å². The molecule has 5 nitrogen and oxygen atoms in total. The van der Waals surface area contributed by atoms with E-state index in [1.807, 2.05) is 19.1 Å². The number of aromatic nitrogens is 1. The van der Waals surface area contributed by atoms with Crippen LogP contribution in [0.15, 0.2) is 18.3 Å². The molecule has 0 saturated carbocycles. The Morgan fingerprint density at radius 3 is 2.81 bits per heavy atom. The molecule has 116 valence electrons. The first-order chi connectivity index (χ1) is 10.2. The van der Waals surface area contributed by atoms with Crippen LogP contribution in [0.1, 0.15) is 28.9 Å². The van der Waals surface area contributed by atoms with Gasteiger partial charge in [-0.15, -0.1) is 0 Å². The normalized spacial score (nSPS) is 16.9. The fraction of sp³-hybridized carbons (Fsp3) is 0.625. The van der Waals surface area contributed by atoms with Crippen LogP contribution in [0.4, 0.5) is 0 Å². The number of piperidine rings is 1. The van der Waals surface area contributed by atoms with Crippen LogP contribution in [0.3, 0.4) is 0 Å². The van der Waals surface area contributed by atoms with Crippen LogP contribution in [0, 0.1) is 12.8 Å². The van der Waals surface area contributed by atoms with Gasteiger partial charge in [-0.3, -0.25) is 9.78 Å². The number of nitrogens with one attached hydrogen (secondary N) is 1. The summed E-state index contributed by atoms with van der Waals surface area (Å²) in [6, 6.07) is 3.69. The number of carbonyl (C=O) groups is 1. The second kappa shape index (κ2) is 8.10. The summed E-state index contributed by atoms with van der Waals surface area (Å²) in [5.74, 6) is 0.551. The first-order valence-corrected chi connectivity index (χ1v) is 7.61. The minimum atomic E-state index is -0.0238. The smallest absolute Gasteiger partial charge is 0.252 e. The summed E-state index contributed by atoms with van der Waals surface area (Å²) in [6.45, 7) is 6.66. The van der Waals surface area contributed by atoms with Gasteiger partial charge in [0.05, 0.1) is 12.2 Å². The number of amides is 1. The van der Waals surface area contributed by atoms with Gasteiger partial charge in [-0.25, -0.2) is 0 Å². The zero-order valence-corrected chi connectivity index (χ0v) is 13.0. The summed E-state index contributed by atoms with van der Waals surface area (Å²) < 4.78 is 5.10. The Morgan fingerprint density at radius 1 is 1.43 bits per heavy atom. The molecular formula is C16H25N3O2. The predicted molar refractivity (Wildman–Crippen MR) is 82.3 cm³/mol. The van der Waals surface area contributed by atoms with E-state index < -0.39 is 0 Å². The van der Waals surface area contributed by atoms with Gasteiger partial charge in [0, 0.05) is 32.1 Å². The van der Waals surface area contributed by atoms with Crippen molar-refractivity contribution in [2.45, 2.75) is 19.8 Å². The van der Waals surface area contributed by atoms with Gasteiger partial charge in [0.25, 0.3) is 5.91 Å². The highest BCUT2D eigenvalue weighted by atomic mass is 16.5. The summed E-state index contributed by atoms with van der Waals surface area (Å²) in [5.41, 5.74) is 1.56. The van der Waals surface area contributed by atoms with Crippen LogP contribution < -0.4 is 5.32 Å². The third kappa shape index (κ3) is 5.10. The van der Waals surface area contributed by atoms with Crippen molar-refractivity contribution >= 4 is 5.91 Å². The van der Waals surface area contributed by atoms with Crippen molar-refractivity contribution in [2.24, 2.45) is 5.92 Å². The van der Waals surface area contributed by atoms with Crippen molar-refractivity contribution < 1.29 is 9.53 Å². The molecule has 1 N–H and O–H groups in total. The highest BCUT2D eigenvalue weighted by molar-refractivity contribution is 5.93. The quantitative estimate of drug-likeness (QED) is 0.862. The van der Waals surface area contributed by atoms with E-state index in [9.17, 15) is 4.79 Å². The van der Waals surface area contributed by atoms with Gasteiger partial charge >= 0.3 is 0 Å². The maximum atomic E-state index is 12.0. The van der Waals surface area contributed by atoms with Gasteiger partial charge in [-0.2, -0.15) is 0 Å². The molecule has 21 heavy (non-hydrogen) atoms. The average Bonchev–Trinajstić information content (AvgIpc) is 2.52. The van der Waals surface area contributed by atoms with Crippen molar-refractivity contribution in [3.8, 4) is 0 Å². The number of pyridine rings is 1. The lowest BCUT2D eigenvalue weighted by molar-refractivity contribution is 0.0925. The molecule has 1 aromatic heterocycles. The fourth-order valence-electron chi connectivity index (χ4n) is 2.58. The molecule has 1 fully saturated rings. The Labute approximate surface area is 126 Å². The van der Waals surface area contributed by atoms with Gasteiger partial charge in [0.1, 0.15) is 0 Å². The second-order valence-corrected chi connectivity index (χ2v) is 5.68. The first-order valence-electron chi connectivity index (χ1n) is 7.61. The molecule has 0 bridgehead atoms. The van der Waals surface area contributed by atoms with E-state index in [0.29, 0.717) is 11.5 Å². The topological polar surface area (TPSA) is 54.5 Å². The average molecular weight is 291 g/mol. The van der Waals surface area contributed by atoms with E-state index in [2.05, 4.69) is 15.2 Å². The number of carbonyl (C=O) groups excluding carboxylic acids is 1. The SMILES string of the molecule is COCCN1CCC(CNC(=O)c2ccc(C)nc2)CC1. The zero-order valence-electron chi connectivity index (χ0n) is 13.0. The third-order valence-corrected chi connectivity index (χ3v) is 4.04. The Morgan fingerprint density at radius 2 is 2.19 bits per heavy atom. The van der Waals surface area contributed by atoms with Gasteiger partial charge < -0.3 is 15.0 Å². The lowest BCUT2D eigenvalue weighted by Crippen LogP contribution is -2.39. The van der Waals surface area contributed by atoms with Gasteiger partial charge in [-0.1, -0.05) is 0 Å². The zero-order chi connectivity index (χ0) is 15.1. The van der Waals surface area contributed by atoms with Crippen LogP contribution in [-0.2, 0) is 4.74 Å². The monoisotopic (exact) mass is 291 g/mol. The highest BCUT2D eigenvalue weighted by Gasteiger charge is 2.19. The first kappa shape index (κ1) is 15.9. The molecule has 2 heterocycles. The molecule has 0 atom stereocenters. The maximum absolute atomic E-state index is 12.0. The number of nitrogens with zero attached hydrogens (tertiary/aromatic N) is 2. The summed E-state index contributed by atoms with van der Waals surface area (Å²) in [6.07, 6.45) is 3.91. The van der Waals surface area contributed by atoms with E-state index in [4.69, 9.17) is 4.74 Å². The summed E-state index contributed by atoms with van der Waals surface area (Å²) in [7, 11) is 1.74. The molecule has 1 aliphatic rings. The number of aryl methyl sites for hydroxylation is 1. The third-order valence-electron chi connectivity index (χ3n) is 4.04. The van der Waals surface area contributed by atoms with E-state index in [1.54, 1.807) is 13.3 Å². The second-order valence-electron chi connectivity index (χ2n) is 5.68. The van der Waals surface area contributed by atoms with E-state index >= 15 is 0 Å². The van der Waals surface area contributed by atoms with Gasteiger partial charge in [0.2, 0.25) is 0 Å². The van der Waals surface area contributed by atoms with E-state index in [0.717, 1.165) is 51.3 Å². The Kier molecular flexibility index (Phi) is 6.14. The highest BCUT2D eigenvalue weighted by Crippen LogP contribution is 2.16. The molecule has 5 heteroatoms. The molecule has 0 unspecified atom stereocenters. The predicted octanol–water partition coefficient (Wildman–Crippen LogP) is 1.48. The van der Waals surface area contributed by atoms with Crippen LogP contribution in [0.25, 0.3) is 0 Å². The number of hydrogen-bond acceptors (Lipinski definition) is 4. The van der Waals surface area contributed by atoms with Crippen LogP contribution in [0.2, 0.25) is 0 Å². The van der Waals surface area contributed by atoms with Gasteiger partial charge in [0.15, 0.2) is 0 Å². The van der Waals surface area contributed by atoms with Crippen molar-refractivity contribution in [1.29, 1.82) is 0 Å². The largest absolute Gasteiger partial charge is 0.383 e. The van der Waals surface area contributed by atoms with Gasteiger partial charge in [-0.05, 0) is 50.9 Å². The molecular weight excluding hydrogens is 266 g/mol. The minimum absolute atomic E-state index is 0.0238. The van der Waals surface area contributed by atoms with Crippen LogP contribution in [0.5, 0.6) is 0 Å². The molecule has 2 rings (SSSR count). The summed E-state index contributed by atoms with van der Waals surface area (Å²) in [4.78, 5) is 18.6. The molecule has 1 saturated heterocycles. The molecule has 0 radical (unpaired) electrons. The molecule has 1 aromatic rings. The number of hydrogen-bond donors (Lipinski definition) is 1. The Balaban J connectivity index is 1.69. The maximum Gasteiger partial charge on any atom is 0.252 e. The number of methoxy groups -OCH3 is 1. The van der Waals surface area contributed by atoms with E-state index in [-0.39, 0.29) is 5.91 Å². The molecule has 1 amide bonds. The van der Waals surface area contributed by atoms with Crippen molar-refractivity contribution in [3.63, 3.8) is 0 Å². The van der Waals surface area contributed by atoms with Crippen molar-refractivity contribution in [2.75, 3.05) is 39.9 Å². The number of rotatable bonds is 6. The minimum Gasteiger partial charge on any atom is -0.383 e. The molecule has 0 spiro atoms. The Bertz CT molecular complexity index is 439. The molecule has 0 aromatic carbocycles. The number of ether oxygens (including phenoxy) is 1. The van der Waals surface area contributed by atoms with E-state index in [1.165, 1.54) is 0 Å². The van der Waals surface area contributed by atoms with Crippen molar-refractivity contribution in [1.82, 2.24) is 15.2 Å².